The predicted octanol–water partition coefficient (Wildman–Crippen LogP) is 11.2. The third-order valence-corrected chi connectivity index (χ3v) is 10.4. The van der Waals surface area contributed by atoms with Crippen molar-refractivity contribution in [3.8, 4) is 11.5 Å². The van der Waals surface area contributed by atoms with Crippen LogP contribution < -0.4 is 4.74 Å². The fourth-order valence-corrected chi connectivity index (χ4v) is 7.70. The van der Waals surface area contributed by atoms with Crippen LogP contribution in [0.3, 0.4) is 0 Å². The quantitative estimate of drug-likeness (QED) is 0.168. The van der Waals surface area contributed by atoms with Crippen LogP contribution in [0.15, 0.2) is 191 Å². The molecule has 1 N–H and O–H groups in total. The molecule has 6 nitrogen and oxygen atoms in total. The van der Waals surface area contributed by atoms with E-state index in [1.54, 1.807) is 24.7 Å². The minimum absolute atomic E-state index is 0.177. The van der Waals surface area contributed by atoms with Crippen LogP contribution in [0.2, 0.25) is 0 Å². The summed E-state index contributed by atoms with van der Waals surface area (Å²) < 4.78 is 16.8. The van der Waals surface area contributed by atoms with Crippen LogP contribution in [0.1, 0.15) is 41.3 Å². The predicted molar refractivity (Wildman–Crippen MR) is 220 cm³/mol. The summed E-state index contributed by atoms with van der Waals surface area (Å²) in [4.78, 5) is 5.03. The maximum atomic E-state index is 9.17. The number of rotatable bonds is 8. The summed E-state index contributed by atoms with van der Waals surface area (Å²) in [6.45, 7) is 6.52. The van der Waals surface area contributed by atoms with E-state index in [0.717, 1.165) is 41.1 Å². The first kappa shape index (κ1) is 35.9. The van der Waals surface area contributed by atoms with E-state index in [1.807, 2.05) is 36.4 Å². The summed E-state index contributed by atoms with van der Waals surface area (Å²) in [5, 5.41) is 11.2. The standard InChI is InChI=1S/C24H21NO2.C17H19N.C8H6O2/c1-3-8-18(9-4-1)23(19-10-5-2-6-11-19)25-16-21(17-25)27-22-13-7-12-20-14-15-26-24(20)22;1-14-12-18(13-14)17(15-8-4-2-5-9-15)16-10-6-3-7-11-16;9-7-3-1-2-6-4-5-10-8(6)7/h1-15,21,23H,16-17H2;2-11,14,17H,12-13H2,1H3;1-5,9H. The van der Waals surface area contributed by atoms with Crippen molar-refractivity contribution in [3.05, 3.63) is 205 Å². The topological polar surface area (TPSA) is 62.2 Å². The van der Waals surface area contributed by atoms with Gasteiger partial charge in [-0.15, -0.1) is 0 Å². The number of ether oxygens (including phenoxy) is 1. The van der Waals surface area contributed by atoms with Gasteiger partial charge in [0.2, 0.25) is 0 Å². The number of nitrogens with zero attached hydrogens (tertiary/aromatic N) is 2. The Balaban J connectivity index is 0.000000130. The first-order valence-electron chi connectivity index (χ1n) is 19.1. The van der Waals surface area contributed by atoms with Crippen molar-refractivity contribution in [2.24, 2.45) is 5.92 Å². The monoisotopic (exact) mass is 726 g/mol. The number of benzene rings is 6. The Hall–Kier alpha value is -6.08. The smallest absolute Gasteiger partial charge is 0.175 e. The summed E-state index contributed by atoms with van der Waals surface area (Å²) in [5.41, 5.74) is 6.82. The molecule has 2 aromatic heterocycles. The molecule has 0 radical (unpaired) electrons. The molecule has 6 heteroatoms. The lowest BCUT2D eigenvalue weighted by molar-refractivity contribution is 0.000628. The highest BCUT2D eigenvalue weighted by Gasteiger charge is 2.36. The molecule has 0 amide bonds. The van der Waals surface area contributed by atoms with Crippen LogP contribution in [0.4, 0.5) is 0 Å². The highest BCUT2D eigenvalue weighted by atomic mass is 16.5. The summed E-state index contributed by atoms with van der Waals surface area (Å²) in [7, 11) is 0. The number of phenols is 1. The molecule has 0 saturated carbocycles. The molecule has 2 aliphatic heterocycles. The zero-order chi connectivity index (χ0) is 37.4. The fraction of sp³-hybridized carbons (Fsp3) is 0.184. The molecule has 276 valence electrons. The number of hydrogen-bond acceptors (Lipinski definition) is 6. The molecule has 2 aliphatic rings. The largest absolute Gasteiger partial charge is 0.504 e. The van der Waals surface area contributed by atoms with Crippen molar-refractivity contribution in [1.29, 1.82) is 0 Å². The van der Waals surface area contributed by atoms with Gasteiger partial charge in [0, 0.05) is 37.0 Å². The highest BCUT2D eigenvalue weighted by Crippen LogP contribution is 2.36. The molecule has 0 unspecified atom stereocenters. The fourth-order valence-electron chi connectivity index (χ4n) is 7.70. The number of fused-ring (bicyclic) bond motifs is 2. The summed E-state index contributed by atoms with van der Waals surface area (Å²) in [5.74, 6) is 1.86. The van der Waals surface area contributed by atoms with Gasteiger partial charge < -0.3 is 18.7 Å². The average Bonchev–Trinajstić information content (AvgIpc) is 3.91. The van der Waals surface area contributed by atoms with Gasteiger partial charge in [-0.3, -0.25) is 9.80 Å². The van der Waals surface area contributed by atoms with Crippen molar-refractivity contribution < 1.29 is 18.7 Å². The second-order valence-electron chi connectivity index (χ2n) is 14.4. The van der Waals surface area contributed by atoms with Crippen LogP contribution in [0.25, 0.3) is 21.9 Å². The van der Waals surface area contributed by atoms with Crippen molar-refractivity contribution in [2.45, 2.75) is 25.1 Å². The van der Waals surface area contributed by atoms with Crippen molar-refractivity contribution in [2.75, 3.05) is 26.2 Å². The van der Waals surface area contributed by atoms with E-state index >= 15 is 0 Å². The molecule has 0 bridgehead atoms. The summed E-state index contributed by atoms with van der Waals surface area (Å²) in [6.07, 6.45) is 3.45. The number of furan rings is 2. The maximum Gasteiger partial charge on any atom is 0.175 e. The van der Waals surface area contributed by atoms with Gasteiger partial charge in [-0.25, -0.2) is 0 Å². The van der Waals surface area contributed by atoms with Gasteiger partial charge in [0.25, 0.3) is 0 Å². The Bertz CT molecular complexity index is 2290. The SMILES string of the molecule is CC1CN(C(c2ccccc2)c2ccccc2)C1.Oc1cccc2ccoc12.c1ccc(C(c2ccccc2)N2CC(Oc3cccc4ccoc34)C2)cc1. The molecule has 0 aliphatic carbocycles. The van der Waals surface area contributed by atoms with Gasteiger partial charge in [0.15, 0.2) is 22.7 Å². The van der Waals surface area contributed by atoms with Crippen LogP contribution in [-0.4, -0.2) is 47.2 Å². The first-order valence-corrected chi connectivity index (χ1v) is 19.1. The van der Waals surface area contributed by atoms with Gasteiger partial charge in [-0.05, 0) is 52.4 Å². The Morgan fingerprint density at radius 1 is 0.491 bits per heavy atom. The number of likely N-dealkylation sites (tertiary alicyclic amines) is 2. The first-order chi connectivity index (χ1) is 27.1. The van der Waals surface area contributed by atoms with Gasteiger partial charge in [-0.1, -0.05) is 153 Å². The second kappa shape index (κ2) is 16.9. The molecule has 0 atom stereocenters. The molecule has 6 aromatic carbocycles. The van der Waals surface area contributed by atoms with Crippen LogP contribution >= 0.6 is 0 Å². The zero-order valence-electron chi connectivity index (χ0n) is 31.0. The third kappa shape index (κ3) is 8.36. The minimum Gasteiger partial charge on any atom is -0.504 e. The highest BCUT2D eigenvalue weighted by molar-refractivity contribution is 5.83. The summed E-state index contributed by atoms with van der Waals surface area (Å²) in [6, 6.07) is 58.8. The van der Waals surface area contributed by atoms with E-state index in [-0.39, 0.29) is 17.9 Å². The number of aromatic hydroxyl groups is 1. The van der Waals surface area contributed by atoms with E-state index in [4.69, 9.17) is 18.7 Å². The number of hydrogen-bond donors (Lipinski definition) is 1. The Morgan fingerprint density at radius 3 is 1.36 bits per heavy atom. The molecule has 10 rings (SSSR count). The Kier molecular flexibility index (Phi) is 11.1. The van der Waals surface area contributed by atoms with Gasteiger partial charge in [0.05, 0.1) is 24.6 Å². The molecule has 55 heavy (non-hydrogen) atoms. The Labute approximate surface area is 322 Å². The van der Waals surface area contributed by atoms with E-state index in [2.05, 4.69) is 138 Å². The Morgan fingerprint density at radius 2 is 0.909 bits per heavy atom. The lowest BCUT2D eigenvalue weighted by atomic mass is 9.91. The van der Waals surface area contributed by atoms with Crippen LogP contribution in [0, 0.1) is 5.92 Å². The minimum atomic E-state index is 0.177. The maximum absolute atomic E-state index is 9.17. The van der Waals surface area contributed by atoms with E-state index in [0.29, 0.717) is 11.6 Å². The van der Waals surface area contributed by atoms with E-state index in [9.17, 15) is 0 Å². The lowest BCUT2D eigenvalue weighted by Crippen LogP contribution is -2.55. The molecule has 2 saturated heterocycles. The molecule has 8 aromatic rings. The normalized spacial score (nSPS) is 14.8. The van der Waals surface area contributed by atoms with Crippen molar-refractivity contribution in [1.82, 2.24) is 9.80 Å². The molecular formula is C49H46N2O4. The van der Waals surface area contributed by atoms with Crippen LogP contribution in [0.5, 0.6) is 11.5 Å². The average molecular weight is 727 g/mol. The zero-order valence-corrected chi connectivity index (χ0v) is 31.0. The number of para-hydroxylation sites is 2. The van der Waals surface area contributed by atoms with Crippen molar-refractivity contribution >= 4 is 21.9 Å². The molecule has 4 heterocycles. The lowest BCUT2D eigenvalue weighted by Gasteiger charge is -2.44. The van der Waals surface area contributed by atoms with Gasteiger partial charge in [0.1, 0.15) is 6.10 Å². The molecular weight excluding hydrogens is 681 g/mol. The van der Waals surface area contributed by atoms with E-state index < -0.39 is 0 Å². The van der Waals surface area contributed by atoms with Crippen molar-refractivity contribution in [3.63, 3.8) is 0 Å². The second-order valence-corrected chi connectivity index (χ2v) is 14.4. The molecule has 2 fully saturated rings. The third-order valence-electron chi connectivity index (χ3n) is 10.4. The van der Waals surface area contributed by atoms with Gasteiger partial charge in [-0.2, -0.15) is 0 Å². The van der Waals surface area contributed by atoms with Crippen LogP contribution in [-0.2, 0) is 0 Å². The van der Waals surface area contributed by atoms with Gasteiger partial charge >= 0.3 is 0 Å². The number of phenolic OH excluding ortho intramolecular Hbond substituents is 1. The summed E-state index contributed by atoms with van der Waals surface area (Å²) >= 11 is 0. The van der Waals surface area contributed by atoms with E-state index in [1.165, 1.54) is 35.3 Å². The molecule has 0 spiro atoms.